The summed E-state index contributed by atoms with van der Waals surface area (Å²) in [6.45, 7) is 0.243. The number of nitrogens with two attached hydrogens (primary N) is 1. The first-order chi connectivity index (χ1) is 12.9. The summed E-state index contributed by atoms with van der Waals surface area (Å²) in [6.07, 6.45) is 0.104. The minimum Gasteiger partial charge on any atom is -0.495 e. The average Bonchev–Trinajstić information content (AvgIpc) is 3.03. The molecule has 7 nitrogen and oxygen atoms in total. The van der Waals surface area contributed by atoms with Gasteiger partial charge in [0.05, 0.1) is 31.5 Å². The van der Waals surface area contributed by atoms with Gasteiger partial charge in [0, 0.05) is 23.7 Å². The number of anilines is 3. The Bertz CT molecular complexity index is 887. The van der Waals surface area contributed by atoms with Gasteiger partial charge in [-0.3, -0.25) is 9.59 Å². The lowest BCUT2D eigenvalue weighted by molar-refractivity contribution is -0.122. The summed E-state index contributed by atoms with van der Waals surface area (Å²) in [6, 6.07) is 10.0. The number of amides is 2. The molecule has 0 saturated carbocycles. The van der Waals surface area contributed by atoms with Crippen LogP contribution in [0.4, 0.5) is 17.1 Å². The topological polar surface area (TPSA) is 93.9 Å². The first-order valence-electron chi connectivity index (χ1n) is 8.31. The van der Waals surface area contributed by atoms with Crippen LogP contribution in [0.25, 0.3) is 0 Å². The van der Waals surface area contributed by atoms with Crippen LogP contribution in [0.15, 0.2) is 36.4 Å². The molecule has 1 atom stereocenters. The van der Waals surface area contributed by atoms with Crippen LogP contribution in [0, 0.1) is 5.92 Å². The average molecular weight is 390 g/mol. The molecule has 1 aliphatic heterocycles. The molecule has 0 radical (unpaired) electrons. The molecular weight excluding hydrogens is 370 g/mol. The van der Waals surface area contributed by atoms with Gasteiger partial charge in [0.15, 0.2) is 0 Å². The molecule has 1 aliphatic rings. The highest BCUT2D eigenvalue weighted by atomic mass is 35.5. The molecule has 8 heteroatoms. The maximum absolute atomic E-state index is 12.6. The third kappa shape index (κ3) is 3.93. The molecule has 2 aromatic rings. The Balaban J connectivity index is 1.74. The Labute approximate surface area is 162 Å². The zero-order valence-electron chi connectivity index (χ0n) is 15.0. The molecule has 1 unspecified atom stereocenters. The maximum Gasteiger partial charge on any atom is 0.229 e. The van der Waals surface area contributed by atoms with Gasteiger partial charge in [-0.1, -0.05) is 11.6 Å². The summed E-state index contributed by atoms with van der Waals surface area (Å²) in [5.74, 6) is 0.144. The molecule has 142 valence electrons. The second-order valence-corrected chi connectivity index (χ2v) is 6.60. The lowest BCUT2D eigenvalue weighted by Crippen LogP contribution is -2.28. The van der Waals surface area contributed by atoms with Gasteiger partial charge in [-0.25, -0.2) is 0 Å². The van der Waals surface area contributed by atoms with E-state index in [4.69, 9.17) is 26.8 Å². The number of ether oxygens (including phenoxy) is 2. The molecule has 1 heterocycles. The van der Waals surface area contributed by atoms with Crippen LogP contribution in [-0.4, -0.2) is 32.6 Å². The van der Waals surface area contributed by atoms with Crippen LogP contribution in [0.5, 0.6) is 11.5 Å². The van der Waals surface area contributed by atoms with Gasteiger partial charge in [-0.05, 0) is 36.4 Å². The van der Waals surface area contributed by atoms with Gasteiger partial charge >= 0.3 is 0 Å². The quantitative estimate of drug-likeness (QED) is 0.767. The molecule has 27 heavy (non-hydrogen) atoms. The second-order valence-electron chi connectivity index (χ2n) is 6.17. The highest BCUT2D eigenvalue weighted by Crippen LogP contribution is 2.35. The van der Waals surface area contributed by atoms with E-state index in [1.165, 1.54) is 19.1 Å². The fraction of sp³-hybridized carbons (Fsp3) is 0.263. The number of carbonyl (C=O) groups excluding carboxylic acids is 2. The van der Waals surface area contributed by atoms with E-state index in [0.29, 0.717) is 33.6 Å². The molecule has 2 aromatic carbocycles. The van der Waals surface area contributed by atoms with Gasteiger partial charge in [0.1, 0.15) is 11.5 Å². The van der Waals surface area contributed by atoms with E-state index < -0.39 is 5.92 Å². The highest BCUT2D eigenvalue weighted by Gasteiger charge is 2.36. The van der Waals surface area contributed by atoms with Gasteiger partial charge in [0.2, 0.25) is 11.8 Å². The molecule has 3 rings (SSSR count). The molecule has 1 saturated heterocycles. The van der Waals surface area contributed by atoms with Gasteiger partial charge in [-0.15, -0.1) is 0 Å². The zero-order chi connectivity index (χ0) is 19.6. The maximum atomic E-state index is 12.6. The number of hydrogen-bond acceptors (Lipinski definition) is 5. The van der Waals surface area contributed by atoms with Crippen LogP contribution >= 0.6 is 11.6 Å². The Morgan fingerprint density at radius 3 is 2.56 bits per heavy atom. The molecule has 3 N–H and O–H groups in total. The van der Waals surface area contributed by atoms with Crippen molar-refractivity contribution in [1.29, 1.82) is 0 Å². The number of hydrogen-bond donors (Lipinski definition) is 2. The minimum absolute atomic E-state index is 0.104. The largest absolute Gasteiger partial charge is 0.495 e. The monoisotopic (exact) mass is 389 g/mol. The fourth-order valence-corrected chi connectivity index (χ4v) is 3.21. The van der Waals surface area contributed by atoms with Crippen molar-refractivity contribution in [2.45, 2.75) is 6.42 Å². The van der Waals surface area contributed by atoms with Crippen molar-refractivity contribution in [2.24, 2.45) is 5.92 Å². The van der Waals surface area contributed by atoms with E-state index >= 15 is 0 Å². The van der Waals surface area contributed by atoms with Crippen LogP contribution < -0.4 is 25.4 Å². The normalized spacial score (nSPS) is 16.3. The van der Waals surface area contributed by atoms with Crippen molar-refractivity contribution in [3.8, 4) is 11.5 Å². The number of carbonyl (C=O) groups is 2. The van der Waals surface area contributed by atoms with E-state index in [1.54, 1.807) is 36.4 Å². The van der Waals surface area contributed by atoms with Crippen LogP contribution in [0.1, 0.15) is 6.42 Å². The Morgan fingerprint density at radius 2 is 1.89 bits per heavy atom. The number of nitrogen functional groups attached to an aromatic ring is 1. The first-order valence-corrected chi connectivity index (χ1v) is 8.69. The smallest absolute Gasteiger partial charge is 0.229 e. The Morgan fingerprint density at radius 1 is 1.19 bits per heavy atom. The third-order valence-corrected chi connectivity index (χ3v) is 4.66. The Kier molecular flexibility index (Phi) is 5.41. The van der Waals surface area contributed by atoms with E-state index in [9.17, 15) is 9.59 Å². The van der Waals surface area contributed by atoms with Crippen LogP contribution in [-0.2, 0) is 9.59 Å². The summed E-state index contributed by atoms with van der Waals surface area (Å²) in [7, 11) is 3.04. The van der Waals surface area contributed by atoms with Crippen molar-refractivity contribution in [3.63, 3.8) is 0 Å². The third-order valence-electron chi connectivity index (χ3n) is 4.42. The summed E-state index contributed by atoms with van der Waals surface area (Å²) in [4.78, 5) is 26.6. The zero-order valence-corrected chi connectivity index (χ0v) is 15.7. The summed E-state index contributed by atoms with van der Waals surface area (Å²) >= 11 is 6.05. The first kappa shape index (κ1) is 18.8. The number of methoxy groups -OCH3 is 2. The number of nitrogens with zero attached hydrogens (tertiary/aromatic N) is 1. The van der Waals surface area contributed by atoms with E-state index in [2.05, 4.69) is 5.32 Å². The number of rotatable bonds is 5. The molecule has 0 aliphatic carbocycles. The SMILES string of the molecule is COc1ccc(NC(=O)C2CC(=O)N(c3cc(Cl)ccc3OC)C2)cc1N. The molecule has 0 spiro atoms. The molecule has 0 aromatic heterocycles. The fourth-order valence-electron chi connectivity index (χ4n) is 3.05. The molecule has 1 fully saturated rings. The predicted molar refractivity (Wildman–Crippen MR) is 105 cm³/mol. The van der Waals surface area contributed by atoms with Gasteiger partial charge < -0.3 is 25.4 Å². The summed E-state index contributed by atoms with van der Waals surface area (Å²) in [5.41, 5.74) is 7.38. The molecular formula is C19H20ClN3O4. The van der Waals surface area contributed by atoms with Crippen molar-refractivity contribution in [2.75, 3.05) is 36.7 Å². The van der Waals surface area contributed by atoms with Crippen molar-refractivity contribution in [1.82, 2.24) is 0 Å². The summed E-state index contributed by atoms with van der Waals surface area (Å²) < 4.78 is 10.4. The standard InChI is InChI=1S/C19H20ClN3O4/c1-26-16-6-4-13(9-14(16)21)22-19(25)11-7-18(24)23(10-11)15-8-12(20)3-5-17(15)27-2/h3-6,8-9,11H,7,10,21H2,1-2H3,(H,22,25). The van der Waals surface area contributed by atoms with Crippen LogP contribution in [0.2, 0.25) is 5.02 Å². The number of nitrogens with one attached hydrogen (secondary N) is 1. The number of halogens is 1. The van der Waals surface area contributed by atoms with E-state index in [1.807, 2.05) is 0 Å². The van der Waals surface area contributed by atoms with Gasteiger partial charge in [-0.2, -0.15) is 0 Å². The number of benzene rings is 2. The van der Waals surface area contributed by atoms with Crippen LogP contribution in [0.3, 0.4) is 0 Å². The predicted octanol–water partition coefficient (Wildman–Crippen LogP) is 2.93. The lowest BCUT2D eigenvalue weighted by Gasteiger charge is -2.20. The lowest BCUT2D eigenvalue weighted by atomic mass is 10.1. The second kappa shape index (κ2) is 7.75. The van der Waals surface area contributed by atoms with E-state index in [-0.39, 0.29) is 24.8 Å². The molecule has 2 amide bonds. The van der Waals surface area contributed by atoms with E-state index in [0.717, 1.165) is 0 Å². The van der Waals surface area contributed by atoms with Crippen molar-refractivity contribution >= 4 is 40.5 Å². The summed E-state index contributed by atoms with van der Waals surface area (Å²) in [5, 5.41) is 3.28. The molecule has 0 bridgehead atoms. The minimum atomic E-state index is -0.496. The van der Waals surface area contributed by atoms with Crippen molar-refractivity contribution < 1.29 is 19.1 Å². The Hall–Kier alpha value is -2.93. The highest BCUT2D eigenvalue weighted by molar-refractivity contribution is 6.31. The van der Waals surface area contributed by atoms with Crippen molar-refractivity contribution in [3.05, 3.63) is 41.4 Å². The van der Waals surface area contributed by atoms with Gasteiger partial charge in [0.25, 0.3) is 0 Å².